The summed E-state index contributed by atoms with van der Waals surface area (Å²) in [4.78, 5) is 0.244. The lowest BCUT2D eigenvalue weighted by Gasteiger charge is -2.33. The van der Waals surface area contributed by atoms with Gasteiger partial charge in [-0.25, -0.2) is 8.42 Å². The molecular formula is C11H18ClN3O2S2. The molecule has 1 saturated heterocycles. The second-order valence-electron chi connectivity index (χ2n) is 4.84. The molecule has 1 fully saturated rings. The van der Waals surface area contributed by atoms with Gasteiger partial charge < -0.3 is 0 Å². The minimum absolute atomic E-state index is 0.0899. The first-order valence-corrected chi connectivity index (χ1v) is 9.03. The van der Waals surface area contributed by atoms with Gasteiger partial charge in [0.05, 0.1) is 17.3 Å². The second-order valence-corrected chi connectivity index (χ2v) is 8.86. The molecule has 0 bridgehead atoms. The Morgan fingerprint density at radius 1 is 1.42 bits per heavy atom. The molecule has 2 atom stereocenters. The van der Waals surface area contributed by atoms with E-state index < -0.39 is 10.0 Å². The van der Waals surface area contributed by atoms with Crippen LogP contribution in [0.15, 0.2) is 4.90 Å². The molecule has 1 N–H and O–H groups in total. The molecule has 2 unspecified atom stereocenters. The van der Waals surface area contributed by atoms with E-state index in [2.05, 4.69) is 10.2 Å². The third-order valence-corrected chi connectivity index (χ3v) is 6.59. The van der Waals surface area contributed by atoms with Crippen LogP contribution in [0, 0.1) is 6.92 Å². The topological polar surface area (TPSA) is 66.1 Å². The summed E-state index contributed by atoms with van der Waals surface area (Å²) in [5, 5.41) is 7.27. The number of alkyl halides is 1. The molecule has 0 spiro atoms. The van der Waals surface area contributed by atoms with Gasteiger partial charge in [-0.3, -0.25) is 5.10 Å². The van der Waals surface area contributed by atoms with E-state index >= 15 is 0 Å². The number of aromatic nitrogens is 2. The fraction of sp³-hybridized carbons (Fsp3) is 0.727. The first-order chi connectivity index (χ1) is 8.86. The highest BCUT2D eigenvalue weighted by Crippen LogP contribution is 2.30. The maximum Gasteiger partial charge on any atom is 0.246 e. The van der Waals surface area contributed by atoms with Gasteiger partial charge in [-0.1, -0.05) is 13.8 Å². The van der Waals surface area contributed by atoms with Crippen LogP contribution >= 0.6 is 23.4 Å². The van der Waals surface area contributed by atoms with Crippen molar-refractivity contribution in [2.75, 3.05) is 13.1 Å². The molecule has 0 aromatic carbocycles. The highest BCUT2D eigenvalue weighted by Gasteiger charge is 2.35. The Hall–Kier alpha value is -0.240. The standard InChI is InChI=1S/C11H18ClN3O2S2/c1-7-5-15(6-8(2)18-7)19(16,17)11-9(3)13-14-10(11)4-12/h7-8H,4-6H2,1-3H3,(H,13,14). The Balaban J connectivity index is 2.39. The minimum atomic E-state index is -3.52. The highest BCUT2D eigenvalue weighted by atomic mass is 35.5. The van der Waals surface area contributed by atoms with E-state index in [1.54, 1.807) is 11.2 Å². The van der Waals surface area contributed by atoms with Crippen molar-refractivity contribution in [1.29, 1.82) is 0 Å². The predicted molar refractivity (Wildman–Crippen MR) is 78.2 cm³/mol. The summed E-state index contributed by atoms with van der Waals surface area (Å²) < 4.78 is 27.0. The number of hydrogen-bond donors (Lipinski definition) is 1. The molecule has 1 aliphatic rings. The molecule has 0 radical (unpaired) electrons. The van der Waals surface area contributed by atoms with Crippen molar-refractivity contribution in [1.82, 2.24) is 14.5 Å². The Labute approximate surface area is 123 Å². The van der Waals surface area contributed by atoms with Crippen molar-refractivity contribution in [2.24, 2.45) is 0 Å². The Bertz CT molecular complexity index is 548. The third-order valence-electron chi connectivity index (χ3n) is 3.07. The molecule has 8 heteroatoms. The van der Waals surface area contributed by atoms with Crippen molar-refractivity contribution < 1.29 is 8.42 Å². The number of hydrogen-bond acceptors (Lipinski definition) is 4. The van der Waals surface area contributed by atoms with Crippen molar-refractivity contribution in [3.63, 3.8) is 0 Å². The zero-order chi connectivity index (χ0) is 14.2. The lowest BCUT2D eigenvalue weighted by molar-refractivity contribution is 0.404. The largest absolute Gasteiger partial charge is 0.281 e. The Morgan fingerprint density at radius 3 is 2.53 bits per heavy atom. The summed E-state index contributed by atoms with van der Waals surface area (Å²) in [6.45, 7) is 6.87. The number of sulfonamides is 1. The minimum Gasteiger partial charge on any atom is -0.281 e. The maximum atomic E-state index is 12.7. The van der Waals surface area contributed by atoms with E-state index in [4.69, 9.17) is 11.6 Å². The molecule has 0 amide bonds. The van der Waals surface area contributed by atoms with Gasteiger partial charge in [-0.05, 0) is 6.92 Å². The number of rotatable bonds is 3. The van der Waals surface area contributed by atoms with Crippen LogP contribution in [-0.4, -0.2) is 46.5 Å². The SMILES string of the molecule is Cc1[nH]nc(CCl)c1S(=O)(=O)N1CC(C)SC(C)C1. The van der Waals surface area contributed by atoms with Crippen LogP contribution in [0.4, 0.5) is 0 Å². The number of aryl methyl sites for hydroxylation is 1. The van der Waals surface area contributed by atoms with Crippen LogP contribution in [-0.2, 0) is 15.9 Å². The summed E-state index contributed by atoms with van der Waals surface area (Å²) in [6.07, 6.45) is 0. The molecule has 1 aromatic rings. The van der Waals surface area contributed by atoms with Gasteiger partial charge in [0, 0.05) is 23.6 Å². The van der Waals surface area contributed by atoms with Crippen LogP contribution in [0.2, 0.25) is 0 Å². The van der Waals surface area contributed by atoms with Crippen molar-refractivity contribution >= 4 is 33.4 Å². The molecule has 19 heavy (non-hydrogen) atoms. The molecule has 1 aromatic heterocycles. The molecule has 0 aliphatic carbocycles. The van der Waals surface area contributed by atoms with E-state index in [-0.39, 0.29) is 10.8 Å². The van der Waals surface area contributed by atoms with Gasteiger partial charge in [0.1, 0.15) is 4.90 Å². The Kier molecular flexibility index (Phi) is 4.49. The summed E-state index contributed by atoms with van der Waals surface area (Å²) in [7, 11) is -3.52. The summed E-state index contributed by atoms with van der Waals surface area (Å²) in [5.41, 5.74) is 0.951. The highest BCUT2D eigenvalue weighted by molar-refractivity contribution is 8.00. The van der Waals surface area contributed by atoms with Gasteiger partial charge in [0.15, 0.2) is 0 Å². The average Bonchev–Trinajstić information content (AvgIpc) is 2.69. The number of halogens is 1. The second kappa shape index (κ2) is 5.63. The molecule has 0 saturated carbocycles. The van der Waals surface area contributed by atoms with Crippen molar-refractivity contribution in [3.8, 4) is 0 Å². The lowest BCUT2D eigenvalue weighted by atomic mass is 10.4. The third kappa shape index (κ3) is 2.94. The van der Waals surface area contributed by atoms with Gasteiger partial charge in [-0.15, -0.1) is 11.6 Å². The first kappa shape index (κ1) is 15.2. The van der Waals surface area contributed by atoms with E-state index in [0.29, 0.717) is 35.0 Å². The van der Waals surface area contributed by atoms with E-state index in [1.165, 1.54) is 0 Å². The Morgan fingerprint density at radius 2 is 2.00 bits per heavy atom. The molecule has 5 nitrogen and oxygen atoms in total. The van der Waals surface area contributed by atoms with Gasteiger partial charge in [-0.2, -0.15) is 21.2 Å². The number of nitrogens with zero attached hydrogens (tertiary/aromatic N) is 2. The smallest absolute Gasteiger partial charge is 0.246 e. The fourth-order valence-electron chi connectivity index (χ4n) is 2.36. The molecule has 108 valence electrons. The summed E-state index contributed by atoms with van der Waals surface area (Å²) in [6, 6.07) is 0. The zero-order valence-corrected chi connectivity index (χ0v) is 13.6. The van der Waals surface area contributed by atoms with Crippen LogP contribution in [0.3, 0.4) is 0 Å². The maximum absolute atomic E-state index is 12.7. The molecule has 2 rings (SSSR count). The predicted octanol–water partition coefficient (Wildman–Crippen LogP) is 1.97. The lowest BCUT2D eigenvalue weighted by Crippen LogP contribution is -2.44. The van der Waals surface area contributed by atoms with Gasteiger partial charge in [0.25, 0.3) is 0 Å². The quantitative estimate of drug-likeness (QED) is 0.864. The van der Waals surface area contributed by atoms with Gasteiger partial charge >= 0.3 is 0 Å². The number of thioether (sulfide) groups is 1. The normalized spacial score (nSPS) is 25.7. The average molecular weight is 324 g/mol. The number of H-pyrrole nitrogens is 1. The van der Waals surface area contributed by atoms with Crippen molar-refractivity contribution in [3.05, 3.63) is 11.4 Å². The zero-order valence-electron chi connectivity index (χ0n) is 11.2. The number of aromatic amines is 1. The van der Waals surface area contributed by atoms with Gasteiger partial charge in [0.2, 0.25) is 10.0 Å². The van der Waals surface area contributed by atoms with E-state index in [9.17, 15) is 8.42 Å². The molecular weight excluding hydrogens is 306 g/mol. The number of nitrogens with one attached hydrogen (secondary N) is 1. The van der Waals surface area contributed by atoms with Crippen LogP contribution < -0.4 is 0 Å². The summed E-state index contributed by atoms with van der Waals surface area (Å²) >= 11 is 7.59. The van der Waals surface area contributed by atoms with E-state index in [1.807, 2.05) is 25.6 Å². The summed E-state index contributed by atoms with van der Waals surface area (Å²) in [5.74, 6) is 0.0899. The monoisotopic (exact) mass is 323 g/mol. The van der Waals surface area contributed by atoms with E-state index in [0.717, 1.165) is 0 Å². The van der Waals surface area contributed by atoms with Crippen molar-refractivity contribution in [2.45, 2.75) is 42.0 Å². The molecule has 2 heterocycles. The first-order valence-electron chi connectivity index (χ1n) is 6.11. The van der Waals surface area contributed by atoms with Crippen LogP contribution in [0.5, 0.6) is 0 Å². The van der Waals surface area contributed by atoms with Crippen LogP contribution in [0.1, 0.15) is 25.2 Å². The fourth-order valence-corrected chi connectivity index (χ4v) is 6.09. The molecule has 1 aliphatic heterocycles. The van der Waals surface area contributed by atoms with Crippen LogP contribution in [0.25, 0.3) is 0 Å².